The number of aliphatic hydroxyl groups excluding tert-OH is 4. The number of rotatable bonds is 12. The Kier molecular flexibility index (Phi) is 20.3. The molecule has 9 unspecified atom stereocenters. The van der Waals surface area contributed by atoms with Crippen LogP contribution in [0.1, 0.15) is 118 Å². The fraction of sp³-hybridized carbons (Fsp3) is 0.854. The summed E-state index contributed by atoms with van der Waals surface area (Å²) >= 11 is 0. The summed E-state index contributed by atoms with van der Waals surface area (Å²) in [6, 6.07) is 0. The van der Waals surface area contributed by atoms with Crippen molar-refractivity contribution in [3.8, 4) is 0 Å². The van der Waals surface area contributed by atoms with E-state index in [1.165, 1.54) is 38.2 Å². The lowest BCUT2D eigenvalue weighted by molar-refractivity contribution is -0.259. The Hall–Kier alpha value is -1.58. The molecule has 0 aromatic rings. The molecule has 6 fully saturated rings. The van der Waals surface area contributed by atoms with Crippen LogP contribution in [0.15, 0.2) is 24.3 Å². The molecule has 0 amide bonds. The third-order valence-electron chi connectivity index (χ3n) is 10.8. The number of aliphatic hydroxyl groups is 4. The van der Waals surface area contributed by atoms with Gasteiger partial charge in [-0.25, -0.2) is 0 Å². The molecule has 0 spiro atoms. The van der Waals surface area contributed by atoms with Crippen molar-refractivity contribution in [3.63, 3.8) is 0 Å². The first kappa shape index (κ1) is 45.8. The van der Waals surface area contributed by atoms with Gasteiger partial charge < -0.3 is 48.8 Å². The van der Waals surface area contributed by atoms with Crippen molar-refractivity contribution in [1.29, 1.82) is 0 Å². The smallest absolute Gasteiger partial charge is 0.135 e. The molecule has 0 radical (unpaired) electrons. The first-order valence-electron chi connectivity index (χ1n) is 20.2. The van der Waals surface area contributed by atoms with E-state index in [0.717, 1.165) is 25.0 Å². The number of hydrogen-bond acceptors (Lipinski definition) is 12. The summed E-state index contributed by atoms with van der Waals surface area (Å²) in [4.78, 5) is 25.2. The van der Waals surface area contributed by atoms with Gasteiger partial charge in [-0.1, -0.05) is 45.9 Å². The Labute approximate surface area is 317 Å². The van der Waals surface area contributed by atoms with Gasteiger partial charge in [0.05, 0.1) is 62.5 Å². The monoisotopic (exact) mass is 754 g/mol. The van der Waals surface area contributed by atoms with Crippen LogP contribution < -0.4 is 0 Å². The predicted octanol–water partition coefficient (Wildman–Crippen LogP) is 4.56. The molecular formula is C41H70O12. The highest BCUT2D eigenvalue weighted by atomic mass is 16.6. The summed E-state index contributed by atoms with van der Waals surface area (Å²) < 4.78 is 34.9. The molecule has 6 aliphatic rings. The number of carbonyl (C=O) groups excluding carboxylic acids is 2. The second kappa shape index (κ2) is 23.5. The summed E-state index contributed by atoms with van der Waals surface area (Å²) in [5.41, 5.74) is 2.30. The topological polar surface area (TPSA) is 170 Å². The minimum absolute atomic E-state index is 0.0116. The van der Waals surface area contributed by atoms with Crippen molar-refractivity contribution < 1.29 is 58.4 Å². The van der Waals surface area contributed by atoms with E-state index in [1.54, 1.807) is 0 Å². The van der Waals surface area contributed by atoms with Crippen LogP contribution in [0.5, 0.6) is 0 Å². The van der Waals surface area contributed by atoms with Crippen molar-refractivity contribution in [2.75, 3.05) is 26.4 Å². The fourth-order valence-electron chi connectivity index (χ4n) is 7.73. The highest BCUT2D eigenvalue weighted by molar-refractivity contribution is 5.79. The Morgan fingerprint density at radius 3 is 2.06 bits per heavy atom. The van der Waals surface area contributed by atoms with E-state index >= 15 is 0 Å². The normalized spacial score (nSPS) is 36.8. The SMILES string of the molecule is C=C1CC[C@H](CCC)OC1.C=C1COC(CCC(=O)CC2OC3C(O)[C@H]4OC(CC(=O)CC5CCO[C@H]5C)CCC4O[C@H]3C2O)C1.CC.CC(O)CO. The first-order valence-corrected chi connectivity index (χ1v) is 20.2. The van der Waals surface area contributed by atoms with Crippen molar-refractivity contribution >= 4 is 11.6 Å². The van der Waals surface area contributed by atoms with Gasteiger partial charge in [0.25, 0.3) is 0 Å². The van der Waals surface area contributed by atoms with Crippen LogP contribution >= 0.6 is 0 Å². The quantitative estimate of drug-likeness (QED) is 0.205. The highest BCUT2D eigenvalue weighted by Crippen LogP contribution is 2.40. The molecule has 6 aliphatic heterocycles. The summed E-state index contributed by atoms with van der Waals surface area (Å²) in [5, 5.41) is 37.9. The lowest BCUT2D eigenvalue weighted by Gasteiger charge is -2.46. The number of Topliss-reactive ketones (excluding diaryl/α,β-unsaturated/α-hetero) is 2. The van der Waals surface area contributed by atoms with Crippen LogP contribution in [-0.2, 0) is 38.0 Å². The van der Waals surface area contributed by atoms with Gasteiger partial charge in [-0.3, -0.25) is 9.59 Å². The van der Waals surface area contributed by atoms with E-state index in [4.69, 9.17) is 38.6 Å². The lowest BCUT2D eigenvalue weighted by atomic mass is 9.86. The molecular weight excluding hydrogens is 684 g/mol. The van der Waals surface area contributed by atoms with E-state index in [1.807, 2.05) is 20.8 Å². The molecule has 306 valence electrons. The summed E-state index contributed by atoms with van der Waals surface area (Å²) in [5.74, 6) is 0.405. The average molecular weight is 755 g/mol. The first-order chi connectivity index (χ1) is 25.4. The van der Waals surface area contributed by atoms with Gasteiger partial charge in [0.15, 0.2) is 0 Å². The van der Waals surface area contributed by atoms with Crippen molar-refractivity contribution in [1.82, 2.24) is 0 Å². The van der Waals surface area contributed by atoms with E-state index in [9.17, 15) is 19.8 Å². The standard InChI is InChI=1S/C27H40O9.C9H16O.C3H8O2.C2H6/c1-14-9-19(33-13-14)4-3-17(28)12-22-23(30)26-27(36-22)24(31)25-21(35-26)6-5-20(34-25)11-18(29)10-16-7-8-32-15(16)2;1-3-4-9-6-5-8(2)7-10-9;1-3(5)2-4;1-2/h15-16,19-27,30-31H,1,3-13H2,2H3;9H,2-7H2,1H3;3-5H,2H2,1H3;1-2H3/t15-,16?,19?,20?,21?,22?,23?,24?,25-,26-,27?;9-;;/m00../s1. The number of fused-ring (bicyclic) bond motifs is 2. The van der Waals surface area contributed by atoms with E-state index in [-0.39, 0.29) is 54.9 Å². The van der Waals surface area contributed by atoms with Gasteiger partial charge in [0, 0.05) is 32.3 Å². The number of hydrogen-bond donors (Lipinski definition) is 4. The van der Waals surface area contributed by atoms with Gasteiger partial charge in [-0.2, -0.15) is 0 Å². The Morgan fingerprint density at radius 2 is 1.47 bits per heavy atom. The summed E-state index contributed by atoms with van der Waals surface area (Å²) in [7, 11) is 0. The Balaban J connectivity index is 0.000000370. The van der Waals surface area contributed by atoms with E-state index in [2.05, 4.69) is 20.1 Å². The van der Waals surface area contributed by atoms with Gasteiger partial charge in [0.2, 0.25) is 0 Å². The zero-order chi connectivity index (χ0) is 39.1. The largest absolute Gasteiger partial charge is 0.394 e. The molecule has 6 heterocycles. The molecule has 53 heavy (non-hydrogen) atoms. The molecule has 0 aromatic heterocycles. The molecule has 0 bridgehead atoms. The van der Waals surface area contributed by atoms with E-state index in [0.29, 0.717) is 57.8 Å². The second-order valence-electron chi connectivity index (χ2n) is 15.3. The van der Waals surface area contributed by atoms with Crippen molar-refractivity contribution in [2.45, 2.75) is 191 Å². The molecule has 4 N–H and O–H groups in total. The molecule has 0 aliphatic carbocycles. The predicted molar refractivity (Wildman–Crippen MR) is 200 cm³/mol. The van der Waals surface area contributed by atoms with Gasteiger partial charge in [0.1, 0.15) is 42.1 Å². The third kappa shape index (κ3) is 14.5. The highest BCUT2D eigenvalue weighted by Gasteiger charge is 2.57. The van der Waals surface area contributed by atoms with Crippen LogP contribution in [0.4, 0.5) is 0 Å². The zero-order valence-corrected chi connectivity index (χ0v) is 33.0. The van der Waals surface area contributed by atoms with E-state index < -0.39 is 42.7 Å². The maximum Gasteiger partial charge on any atom is 0.135 e. The van der Waals surface area contributed by atoms with Crippen molar-refractivity contribution in [3.05, 3.63) is 24.3 Å². The van der Waals surface area contributed by atoms with Crippen molar-refractivity contribution in [2.24, 2.45) is 5.92 Å². The van der Waals surface area contributed by atoms with Crippen LogP contribution in [0.2, 0.25) is 0 Å². The average Bonchev–Trinajstić information content (AvgIpc) is 3.84. The lowest BCUT2D eigenvalue weighted by Crippen LogP contribution is -2.61. The van der Waals surface area contributed by atoms with Crippen LogP contribution in [-0.4, -0.2) is 132 Å². The zero-order valence-electron chi connectivity index (χ0n) is 33.0. The molecule has 0 aromatic carbocycles. The number of ketones is 2. The number of ether oxygens (including phenoxy) is 6. The van der Waals surface area contributed by atoms with Gasteiger partial charge >= 0.3 is 0 Å². The molecule has 12 nitrogen and oxygen atoms in total. The maximum absolute atomic E-state index is 12.6. The molecule has 12 heteroatoms. The molecule has 6 saturated heterocycles. The fourth-order valence-corrected chi connectivity index (χ4v) is 7.73. The second-order valence-corrected chi connectivity index (χ2v) is 15.3. The molecule has 0 saturated carbocycles. The maximum atomic E-state index is 12.6. The minimum atomic E-state index is -0.998. The Bertz CT molecular complexity index is 1120. The number of carbonyl (C=O) groups is 2. The Morgan fingerprint density at radius 1 is 0.792 bits per heavy atom. The molecule has 6 rings (SSSR count). The van der Waals surface area contributed by atoms with Gasteiger partial charge in [-0.05, 0) is 76.7 Å². The van der Waals surface area contributed by atoms with Crippen LogP contribution in [0.3, 0.4) is 0 Å². The van der Waals surface area contributed by atoms with Crippen LogP contribution in [0, 0.1) is 5.92 Å². The summed E-state index contributed by atoms with van der Waals surface area (Å²) in [6.07, 6.45) is 4.25. The molecule has 13 atom stereocenters. The summed E-state index contributed by atoms with van der Waals surface area (Å²) in [6.45, 7) is 19.5. The minimum Gasteiger partial charge on any atom is -0.394 e. The third-order valence-corrected chi connectivity index (χ3v) is 10.8. The van der Waals surface area contributed by atoms with Gasteiger partial charge in [-0.15, -0.1) is 0 Å². The van der Waals surface area contributed by atoms with Crippen LogP contribution in [0.25, 0.3) is 0 Å².